The van der Waals surface area contributed by atoms with Crippen LogP contribution in [0.1, 0.15) is 18.9 Å². The third-order valence-electron chi connectivity index (χ3n) is 2.63. The topological polar surface area (TPSA) is 3.24 Å². The van der Waals surface area contributed by atoms with Crippen molar-refractivity contribution in [2.75, 3.05) is 25.0 Å². The highest BCUT2D eigenvalue weighted by molar-refractivity contribution is 9.09. The van der Waals surface area contributed by atoms with Crippen molar-refractivity contribution in [2.45, 2.75) is 19.8 Å². The number of halogens is 1. The van der Waals surface area contributed by atoms with E-state index >= 15 is 0 Å². The van der Waals surface area contributed by atoms with Crippen molar-refractivity contribution in [1.29, 1.82) is 0 Å². The van der Waals surface area contributed by atoms with Crippen LogP contribution in [0.3, 0.4) is 0 Å². The molecule has 0 unspecified atom stereocenters. The first-order valence-electron chi connectivity index (χ1n) is 5.69. The number of hydrogen-bond donors (Lipinski definition) is 0. The first-order valence-corrected chi connectivity index (χ1v) is 6.81. The number of rotatable bonds is 7. The molecule has 0 heterocycles. The van der Waals surface area contributed by atoms with E-state index in [1.165, 1.54) is 24.9 Å². The third-order valence-corrected chi connectivity index (χ3v) is 2.99. The van der Waals surface area contributed by atoms with E-state index in [1.54, 1.807) is 0 Å². The Bertz CT molecular complexity index is 248. The first-order chi connectivity index (χ1) is 7.36. The van der Waals surface area contributed by atoms with E-state index in [9.17, 15) is 0 Å². The number of aryl methyl sites for hydroxylation is 1. The van der Waals surface area contributed by atoms with Crippen LogP contribution in [0.2, 0.25) is 0 Å². The van der Waals surface area contributed by atoms with Gasteiger partial charge in [0.2, 0.25) is 0 Å². The summed E-state index contributed by atoms with van der Waals surface area (Å²) >= 11 is 3.49. The van der Waals surface area contributed by atoms with E-state index in [0.717, 1.165) is 18.4 Å². The zero-order valence-electron chi connectivity index (χ0n) is 9.45. The number of nitrogens with zero attached hydrogens (tertiary/aromatic N) is 1. The summed E-state index contributed by atoms with van der Waals surface area (Å²) in [6.07, 6.45) is 2.45. The highest BCUT2D eigenvalue weighted by atomic mass is 79.9. The Morgan fingerprint density at radius 3 is 2.47 bits per heavy atom. The molecule has 0 fully saturated rings. The van der Waals surface area contributed by atoms with E-state index < -0.39 is 0 Å². The minimum Gasteiger partial charge on any atom is -0.303 e. The second-order valence-electron chi connectivity index (χ2n) is 3.71. The molecule has 0 aromatic heterocycles. The average Bonchev–Trinajstić information content (AvgIpc) is 2.29. The van der Waals surface area contributed by atoms with Crippen LogP contribution in [0.15, 0.2) is 30.3 Å². The van der Waals surface area contributed by atoms with Gasteiger partial charge in [0.25, 0.3) is 0 Å². The van der Waals surface area contributed by atoms with Gasteiger partial charge < -0.3 is 4.90 Å². The SMILES string of the molecule is CCN(CCBr)CCCc1ccccc1. The predicted molar refractivity (Wildman–Crippen MR) is 70.7 cm³/mol. The summed E-state index contributed by atoms with van der Waals surface area (Å²) in [5, 5.41) is 1.08. The summed E-state index contributed by atoms with van der Waals surface area (Å²) in [5.74, 6) is 0. The van der Waals surface area contributed by atoms with Gasteiger partial charge in [-0.2, -0.15) is 0 Å². The first kappa shape index (κ1) is 12.7. The lowest BCUT2D eigenvalue weighted by Gasteiger charge is -2.18. The smallest absolute Gasteiger partial charge is 0.0159 e. The molecule has 0 atom stereocenters. The van der Waals surface area contributed by atoms with Gasteiger partial charge in [-0.25, -0.2) is 0 Å². The minimum atomic E-state index is 1.08. The Labute approximate surface area is 102 Å². The highest BCUT2D eigenvalue weighted by Gasteiger charge is 2.00. The summed E-state index contributed by atoms with van der Waals surface area (Å²) in [5.41, 5.74) is 1.45. The molecule has 2 heteroatoms. The standard InChI is InChI=1S/C13H20BrN/c1-2-15(12-10-14)11-6-9-13-7-4-3-5-8-13/h3-5,7-8H,2,6,9-12H2,1H3. The second kappa shape index (κ2) is 7.89. The minimum absolute atomic E-state index is 1.08. The van der Waals surface area contributed by atoms with Gasteiger partial charge in [0.15, 0.2) is 0 Å². The Morgan fingerprint density at radius 2 is 1.87 bits per heavy atom. The van der Waals surface area contributed by atoms with Gasteiger partial charge in [-0.3, -0.25) is 0 Å². The summed E-state index contributed by atoms with van der Waals surface area (Å²) in [4.78, 5) is 2.48. The van der Waals surface area contributed by atoms with E-state index in [4.69, 9.17) is 0 Å². The molecule has 1 aromatic carbocycles. The molecule has 0 bridgehead atoms. The quantitative estimate of drug-likeness (QED) is 0.687. The molecule has 1 rings (SSSR count). The van der Waals surface area contributed by atoms with Crippen molar-refractivity contribution in [3.63, 3.8) is 0 Å². The zero-order chi connectivity index (χ0) is 10.9. The van der Waals surface area contributed by atoms with Crippen LogP contribution in [-0.4, -0.2) is 29.9 Å². The van der Waals surface area contributed by atoms with E-state index in [-0.39, 0.29) is 0 Å². The molecule has 0 amide bonds. The molecule has 1 aromatic rings. The third kappa shape index (κ3) is 5.33. The van der Waals surface area contributed by atoms with Gasteiger partial charge >= 0.3 is 0 Å². The molecular formula is C13H20BrN. The number of alkyl halides is 1. The lowest BCUT2D eigenvalue weighted by molar-refractivity contribution is 0.303. The molecule has 0 saturated carbocycles. The second-order valence-corrected chi connectivity index (χ2v) is 4.51. The lowest BCUT2D eigenvalue weighted by atomic mass is 10.1. The van der Waals surface area contributed by atoms with Crippen molar-refractivity contribution >= 4 is 15.9 Å². The van der Waals surface area contributed by atoms with Crippen molar-refractivity contribution in [3.8, 4) is 0 Å². The van der Waals surface area contributed by atoms with Gasteiger partial charge in [0, 0.05) is 11.9 Å². The van der Waals surface area contributed by atoms with Gasteiger partial charge in [0.05, 0.1) is 0 Å². The maximum Gasteiger partial charge on any atom is 0.0159 e. The van der Waals surface area contributed by atoms with Gasteiger partial charge in [0.1, 0.15) is 0 Å². The summed E-state index contributed by atoms with van der Waals surface area (Å²) in [7, 11) is 0. The fraction of sp³-hybridized carbons (Fsp3) is 0.538. The molecule has 0 saturated heterocycles. The fourth-order valence-corrected chi connectivity index (χ4v) is 2.20. The van der Waals surface area contributed by atoms with E-state index in [0.29, 0.717) is 0 Å². The van der Waals surface area contributed by atoms with Crippen molar-refractivity contribution < 1.29 is 0 Å². The van der Waals surface area contributed by atoms with Gasteiger partial charge in [-0.05, 0) is 31.5 Å². The molecular weight excluding hydrogens is 250 g/mol. The summed E-state index contributed by atoms with van der Waals surface area (Å²) in [6.45, 7) is 5.74. The largest absolute Gasteiger partial charge is 0.303 e. The van der Waals surface area contributed by atoms with E-state index in [2.05, 4.69) is 58.1 Å². The van der Waals surface area contributed by atoms with Crippen LogP contribution in [0, 0.1) is 0 Å². The molecule has 0 aliphatic heterocycles. The van der Waals surface area contributed by atoms with Crippen LogP contribution in [0.5, 0.6) is 0 Å². The zero-order valence-corrected chi connectivity index (χ0v) is 11.0. The number of hydrogen-bond acceptors (Lipinski definition) is 1. The normalized spacial score (nSPS) is 10.9. The molecule has 15 heavy (non-hydrogen) atoms. The molecule has 0 spiro atoms. The van der Waals surface area contributed by atoms with Crippen LogP contribution in [0.4, 0.5) is 0 Å². The molecule has 0 N–H and O–H groups in total. The van der Waals surface area contributed by atoms with Crippen molar-refractivity contribution in [2.24, 2.45) is 0 Å². The van der Waals surface area contributed by atoms with Crippen LogP contribution >= 0.6 is 15.9 Å². The molecule has 1 nitrogen and oxygen atoms in total. The maximum absolute atomic E-state index is 3.49. The molecule has 84 valence electrons. The van der Waals surface area contributed by atoms with Crippen molar-refractivity contribution in [1.82, 2.24) is 4.90 Å². The van der Waals surface area contributed by atoms with Gasteiger partial charge in [-0.15, -0.1) is 0 Å². The van der Waals surface area contributed by atoms with Crippen LogP contribution in [0.25, 0.3) is 0 Å². The molecule has 0 aliphatic rings. The Hall–Kier alpha value is -0.340. The fourth-order valence-electron chi connectivity index (χ4n) is 1.70. The summed E-state index contributed by atoms with van der Waals surface area (Å²) in [6, 6.07) is 10.7. The Balaban J connectivity index is 2.20. The Kier molecular flexibility index (Phi) is 6.69. The Morgan fingerprint density at radius 1 is 1.13 bits per heavy atom. The number of benzene rings is 1. The lowest BCUT2D eigenvalue weighted by Crippen LogP contribution is -2.26. The predicted octanol–water partition coefficient (Wildman–Crippen LogP) is 3.34. The summed E-state index contributed by atoms with van der Waals surface area (Å²) < 4.78 is 0. The van der Waals surface area contributed by atoms with Crippen molar-refractivity contribution in [3.05, 3.63) is 35.9 Å². The molecule has 0 radical (unpaired) electrons. The average molecular weight is 270 g/mol. The maximum atomic E-state index is 3.49. The highest BCUT2D eigenvalue weighted by Crippen LogP contribution is 2.03. The monoisotopic (exact) mass is 269 g/mol. The van der Waals surface area contributed by atoms with E-state index in [1.807, 2.05) is 0 Å². The van der Waals surface area contributed by atoms with Crippen LogP contribution in [-0.2, 0) is 6.42 Å². The van der Waals surface area contributed by atoms with Crippen LogP contribution < -0.4 is 0 Å². The molecule has 0 aliphatic carbocycles. The van der Waals surface area contributed by atoms with Gasteiger partial charge in [-0.1, -0.05) is 53.2 Å².